The molecule has 4 nitrogen and oxygen atoms in total. The molecule has 0 aliphatic heterocycles. The van der Waals surface area contributed by atoms with Crippen molar-refractivity contribution in [1.29, 1.82) is 0 Å². The second-order valence-corrected chi connectivity index (χ2v) is 5.01. The van der Waals surface area contributed by atoms with Crippen LogP contribution in [-0.4, -0.2) is 28.6 Å². The monoisotopic (exact) mass is 284 g/mol. The predicted octanol–water partition coefficient (Wildman–Crippen LogP) is 1.73. The SMILES string of the molecule is O=C(CCc1cccnc1)NCC(O)Cc1ccccc1. The van der Waals surface area contributed by atoms with E-state index in [-0.39, 0.29) is 12.5 Å². The summed E-state index contributed by atoms with van der Waals surface area (Å²) in [6, 6.07) is 13.6. The summed E-state index contributed by atoms with van der Waals surface area (Å²) in [5.74, 6) is -0.0500. The van der Waals surface area contributed by atoms with E-state index in [1.807, 2.05) is 42.5 Å². The first kappa shape index (κ1) is 15.2. The van der Waals surface area contributed by atoms with Gasteiger partial charge in [-0.25, -0.2) is 0 Å². The summed E-state index contributed by atoms with van der Waals surface area (Å²) in [5.41, 5.74) is 2.10. The molecule has 21 heavy (non-hydrogen) atoms. The summed E-state index contributed by atoms with van der Waals surface area (Å²) in [7, 11) is 0. The molecule has 0 saturated heterocycles. The maximum absolute atomic E-state index is 11.7. The van der Waals surface area contributed by atoms with Crippen molar-refractivity contribution in [3.8, 4) is 0 Å². The van der Waals surface area contributed by atoms with Gasteiger partial charge in [-0.2, -0.15) is 0 Å². The fourth-order valence-corrected chi connectivity index (χ4v) is 2.08. The molecule has 2 aromatic rings. The lowest BCUT2D eigenvalue weighted by atomic mass is 10.1. The zero-order chi connectivity index (χ0) is 14.9. The maximum atomic E-state index is 11.7. The Morgan fingerprint density at radius 2 is 1.90 bits per heavy atom. The molecule has 1 aromatic carbocycles. The number of nitrogens with one attached hydrogen (secondary N) is 1. The molecule has 0 spiro atoms. The normalized spacial score (nSPS) is 11.9. The third kappa shape index (κ3) is 5.75. The first-order chi connectivity index (χ1) is 10.2. The average Bonchev–Trinajstić information content (AvgIpc) is 2.53. The van der Waals surface area contributed by atoms with Gasteiger partial charge in [-0.3, -0.25) is 9.78 Å². The van der Waals surface area contributed by atoms with Crippen LogP contribution in [0.15, 0.2) is 54.9 Å². The van der Waals surface area contributed by atoms with Gasteiger partial charge in [-0.05, 0) is 23.6 Å². The highest BCUT2D eigenvalue weighted by atomic mass is 16.3. The van der Waals surface area contributed by atoms with E-state index in [9.17, 15) is 9.90 Å². The van der Waals surface area contributed by atoms with Crippen LogP contribution < -0.4 is 5.32 Å². The number of benzene rings is 1. The first-order valence-electron chi connectivity index (χ1n) is 7.11. The third-order valence-electron chi connectivity index (χ3n) is 3.21. The van der Waals surface area contributed by atoms with Crippen molar-refractivity contribution in [2.45, 2.75) is 25.4 Å². The van der Waals surface area contributed by atoms with Crippen LogP contribution >= 0.6 is 0 Å². The molecule has 0 radical (unpaired) electrons. The van der Waals surface area contributed by atoms with E-state index in [0.29, 0.717) is 19.3 Å². The highest BCUT2D eigenvalue weighted by molar-refractivity contribution is 5.76. The largest absolute Gasteiger partial charge is 0.391 e. The van der Waals surface area contributed by atoms with Gasteiger partial charge in [-0.1, -0.05) is 36.4 Å². The lowest BCUT2D eigenvalue weighted by Crippen LogP contribution is -2.33. The van der Waals surface area contributed by atoms with Crippen LogP contribution in [0.25, 0.3) is 0 Å². The second kappa shape index (κ2) is 8.17. The van der Waals surface area contributed by atoms with E-state index in [2.05, 4.69) is 10.3 Å². The van der Waals surface area contributed by atoms with E-state index in [0.717, 1.165) is 11.1 Å². The number of carbonyl (C=O) groups is 1. The van der Waals surface area contributed by atoms with Crippen molar-refractivity contribution < 1.29 is 9.90 Å². The quantitative estimate of drug-likeness (QED) is 0.814. The Labute approximate surface area is 124 Å². The Kier molecular flexibility index (Phi) is 5.91. The summed E-state index contributed by atoms with van der Waals surface area (Å²) in [5, 5.41) is 12.7. The van der Waals surface area contributed by atoms with Crippen molar-refractivity contribution in [2.24, 2.45) is 0 Å². The standard InChI is InChI=1S/C17H20N2O2/c20-16(11-14-5-2-1-3-6-14)13-19-17(21)9-8-15-7-4-10-18-12-15/h1-7,10,12,16,20H,8-9,11,13H2,(H,19,21). The van der Waals surface area contributed by atoms with Gasteiger partial charge in [0.1, 0.15) is 0 Å². The highest BCUT2D eigenvalue weighted by Crippen LogP contribution is 2.03. The molecule has 0 saturated carbocycles. The minimum atomic E-state index is -0.560. The molecule has 1 atom stereocenters. The molecule has 2 N–H and O–H groups in total. The molecule has 1 unspecified atom stereocenters. The van der Waals surface area contributed by atoms with Crippen molar-refractivity contribution >= 4 is 5.91 Å². The van der Waals surface area contributed by atoms with Crippen molar-refractivity contribution in [1.82, 2.24) is 10.3 Å². The van der Waals surface area contributed by atoms with Crippen molar-refractivity contribution in [2.75, 3.05) is 6.54 Å². The lowest BCUT2D eigenvalue weighted by Gasteiger charge is -2.12. The van der Waals surface area contributed by atoms with Crippen molar-refractivity contribution in [3.05, 3.63) is 66.0 Å². The predicted molar refractivity (Wildman–Crippen MR) is 81.7 cm³/mol. The number of pyridine rings is 1. The highest BCUT2D eigenvalue weighted by Gasteiger charge is 2.08. The number of hydrogen-bond donors (Lipinski definition) is 2. The fraction of sp³-hybridized carbons (Fsp3) is 0.294. The Morgan fingerprint density at radius 1 is 1.14 bits per heavy atom. The molecule has 0 aliphatic rings. The zero-order valence-electron chi connectivity index (χ0n) is 11.9. The van der Waals surface area contributed by atoms with Crippen LogP contribution in [0.1, 0.15) is 17.5 Å². The lowest BCUT2D eigenvalue weighted by molar-refractivity contribution is -0.121. The molecule has 0 fully saturated rings. The molecule has 1 heterocycles. The van der Waals surface area contributed by atoms with Gasteiger partial charge in [0, 0.05) is 31.8 Å². The molecule has 0 aliphatic carbocycles. The summed E-state index contributed by atoms with van der Waals surface area (Å²) in [6.07, 6.45) is 4.53. The Balaban J connectivity index is 1.66. The molecule has 0 bridgehead atoms. The van der Waals surface area contributed by atoms with Crippen LogP contribution in [0.2, 0.25) is 0 Å². The number of hydrogen-bond acceptors (Lipinski definition) is 3. The van der Waals surface area contributed by atoms with E-state index < -0.39 is 6.10 Å². The van der Waals surface area contributed by atoms with E-state index in [1.54, 1.807) is 12.4 Å². The topological polar surface area (TPSA) is 62.2 Å². The van der Waals surface area contributed by atoms with Crippen molar-refractivity contribution in [3.63, 3.8) is 0 Å². The maximum Gasteiger partial charge on any atom is 0.220 e. The number of carbonyl (C=O) groups excluding carboxylic acids is 1. The number of aryl methyl sites for hydroxylation is 1. The number of amides is 1. The van der Waals surface area contributed by atoms with Gasteiger partial charge in [0.25, 0.3) is 0 Å². The van der Waals surface area contributed by atoms with Gasteiger partial charge in [0.05, 0.1) is 6.10 Å². The minimum Gasteiger partial charge on any atom is -0.391 e. The molecular formula is C17H20N2O2. The fourth-order valence-electron chi connectivity index (χ4n) is 2.08. The summed E-state index contributed by atoms with van der Waals surface area (Å²) in [4.78, 5) is 15.7. The second-order valence-electron chi connectivity index (χ2n) is 5.01. The Bertz CT molecular complexity index is 543. The average molecular weight is 284 g/mol. The van der Waals surface area contributed by atoms with Gasteiger partial charge in [0.15, 0.2) is 0 Å². The number of rotatable bonds is 7. The van der Waals surface area contributed by atoms with E-state index in [4.69, 9.17) is 0 Å². The first-order valence-corrected chi connectivity index (χ1v) is 7.11. The molecule has 2 rings (SSSR count). The summed E-state index contributed by atoms with van der Waals surface area (Å²) >= 11 is 0. The Morgan fingerprint density at radius 3 is 2.62 bits per heavy atom. The minimum absolute atomic E-state index is 0.0500. The third-order valence-corrected chi connectivity index (χ3v) is 3.21. The van der Waals surface area contributed by atoms with Crippen LogP contribution in [-0.2, 0) is 17.6 Å². The van der Waals surface area contributed by atoms with Gasteiger partial charge in [0.2, 0.25) is 5.91 Å². The number of aromatic nitrogens is 1. The van der Waals surface area contributed by atoms with E-state index in [1.165, 1.54) is 0 Å². The summed E-state index contributed by atoms with van der Waals surface area (Å²) < 4.78 is 0. The van der Waals surface area contributed by atoms with Crippen LogP contribution in [0, 0.1) is 0 Å². The van der Waals surface area contributed by atoms with Gasteiger partial charge < -0.3 is 10.4 Å². The smallest absolute Gasteiger partial charge is 0.220 e. The molecule has 1 aromatic heterocycles. The number of aliphatic hydroxyl groups is 1. The molecule has 1 amide bonds. The Hall–Kier alpha value is -2.20. The van der Waals surface area contributed by atoms with E-state index >= 15 is 0 Å². The molecule has 4 heteroatoms. The van der Waals surface area contributed by atoms with Crippen LogP contribution in [0.4, 0.5) is 0 Å². The number of aliphatic hydroxyl groups excluding tert-OH is 1. The van der Waals surface area contributed by atoms with Crippen LogP contribution in [0.5, 0.6) is 0 Å². The van der Waals surface area contributed by atoms with Gasteiger partial charge >= 0.3 is 0 Å². The summed E-state index contributed by atoms with van der Waals surface area (Å²) in [6.45, 7) is 0.279. The van der Waals surface area contributed by atoms with Crippen LogP contribution in [0.3, 0.4) is 0 Å². The van der Waals surface area contributed by atoms with Gasteiger partial charge in [-0.15, -0.1) is 0 Å². The zero-order valence-corrected chi connectivity index (χ0v) is 11.9. The molecular weight excluding hydrogens is 264 g/mol. The number of nitrogens with zero attached hydrogens (tertiary/aromatic N) is 1. The molecule has 110 valence electrons.